The summed E-state index contributed by atoms with van der Waals surface area (Å²) in [5.74, 6) is 0.905. The van der Waals surface area contributed by atoms with Crippen LogP contribution in [0.15, 0.2) is 24.3 Å². The average molecular weight is 264 g/mol. The summed E-state index contributed by atoms with van der Waals surface area (Å²) in [5, 5.41) is 3.50. The lowest BCUT2D eigenvalue weighted by Gasteiger charge is -2.45. The van der Waals surface area contributed by atoms with E-state index in [-0.39, 0.29) is 5.54 Å². The summed E-state index contributed by atoms with van der Waals surface area (Å²) in [5.41, 5.74) is 1.43. The molecule has 0 saturated carbocycles. The Bertz CT molecular complexity index is 369. The van der Waals surface area contributed by atoms with E-state index < -0.39 is 0 Å². The van der Waals surface area contributed by atoms with Gasteiger partial charge in [0.15, 0.2) is 0 Å². The third-order valence-electron chi connectivity index (χ3n) is 4.39. The van der Waals surface area contributed by atoms with Crippen molar-refractivity contribution in [3.63, 3.8) is 0 Å². The van der Waals surface area contributed by atoms with Gasteiger partial charge in [0.1, 0.15) is 5.75 Å². The van der Waals surface area contributed by atoms with Crippen LogP contribution in [-0.4, -0.2) is 38.7 Å². The van der Waals surface area contributed by atoms with Crippen LogP contribution in [0.3, 0.4) is 0 Å². The van der Waals surface area contributed by atoms with Crippen LogP contribution in [-0.2, 0) is 0 Å². The molecule has 1 N–H and O–H groups in total. The van der Waals surface area contributed by atoms with Crippen molar-refractivity contribution < 1.29 is 4.74 Å². The van der Waals surface area contributed by atoms with Crippen LogP contribution in [0.4, 0.5) is 0 Å². The normalized spacial score (nSPS) is 13.6. The molecular formula is C16H28N2O. The molecule has 0 aliphatic carbocycles. The predicted molar refractivity (Wildman–Crippen MR) is 81.8 cm³/mol. The average Bonchev–Trinajstić information content (AvgIpc) is 2.44. The van der Waals surface area contributed by atoms with Crippen LogP contribution in [0.5, 0.6) is 5.75 Å². The topological polar surface area (TPSA) is 24.5 Å². The molecular weight excluding hydrogens is 236 g/mol. The van der Waals surface area contributed by atoms with Gasteiger partial charge in [0.25, 0.3) is 0 Å². The van der Waals surface area contributed by atoms with Crippen molar-refractivity contribution in [1.29, 1.82) is 0 Å². The van der Waals surface area contributed by atoms with E-state index >= 15 is 0 Å². The van der Waals surface area contributed by atoms with E-state index in [2.05, 4.69) is 50.3 Å². The van der Waals surface area contributed by atoms with E-state index in [1.165, 1.54) is 5.56 Å². The van der Waals surface area contributed by atoms with Crippen molar-refractivity contribution >= 4 is 0 Å². The molecule has 0 aliphatic heterocycles. The maximum Gasteiger partial charge on any atom is 0.118 e. The van der Waals surface area contributed by atoms with E-state index in [9.17, 15) is 0 Å². The van der Waals surface area contributed by atoms with Crippen molar-refractivity contribution in [2.24, 2.45) is 0 Å². The van der Waals surface area contributed by atoms with Crippen LogP contribution >= 0.6 is 0 Å². The van der Waals surface area contributed by atoms with Crippen LogP contribution in [0.25, 0.3) is 0 Å². The lowest BCUT2D eigenvalue weighted by Crippen LogP contribution is -2.52. The standard InChI is InChI=1S/C16H28N2O/c1-7-16(8-2,18(4)5)15(17-3)13-9-11-14(19-6)12-10-13/h9-12,15,17H,7-8H2,1-6H3. The maximum atomic E-state index is 5.24. The number of nitrogens with one attached hydrogen (secondary N) is 1. The number of hydrogen-bond donors (Lipinski definition) is 1. The second-order valence-electron chi connectivity index (χ2n) is 5.20. The molecule has 0 bridgehead atoms. The smallest absolute Gasteiger partial charge is 0.118 e. The summed E-state index contributed by atoms with van der Waals surface area (Å²) in [4.78, 5) is 2.35. The Balaban J connectivity index is 3.15. The first-order valence-electron chi connectivity index (χ1n) is 7.04. The Morgan fingerprint density at radius 3 is 2.00 bits per heavy atom. The lowest BCUT2D eigenvalue weighted by atomic mass is 9.79. The fourth-order valence-electron chi connectivity index (χ4n) is 3.09. The van der Waals surface area contributed by atoms with Gasteiger partial charge in [0.2, 0.25) is 0 Å². The molecule has 0 spiro atoms. The molecule has 0 fully saturated rings. The summed E-state index contributed by atoms with van der Waals surface area (Å²) in [7, 11) is 8.08. The minimum Gasteiger partial charge on any atom is -0.497 e. The van der Waals surface area contributed by atoms with E-state index in [1.807, 2.05) is 19.2 Å². The number of nitrogens with zero attached hydrogens (tertiary/aromatic N) is 1. The first kappa shape index (κ1) is 16.0. The molecule has 0 heterocycles. The van der Waals surface area contributed by atoms with Crippen LogP contribution in [0.1, 0.15) is 38.3 Å². The van der Waals surface area contributed by atoms with Crippen LogP contribution in [0.2, 0.25) is 0 Å². The summed E-state index contributed by atoms with van der Waals surface area (Å²) in [6.45, 7) is 4.52. The van der Waals surface area contributed by atoms with Crippen molar-refractivity contribution in [3.8, 4) is 5.75 Å². The van der Waals surface area contributed by atoms with Gasteiger partial charge in [-0.25, -0.2) is 0 Å². The summed E-state index contributed by atoms with van der Waals surface area (Å²) >= 11 is 0. The van der Waals surface area contributed by atoms with Crippen molar-refractivity contribution in [2.75, 3.05) is 28.3 Å². The van der Waals surface area contributed by atoms with Gasteiger partial charge >= 0.3 is 0 Å². The fourth-order valence-corrected chi connectivity index (χ4v) is 3.09. The largest absolute Gasteiger partial charge is 0.497 e. The number of ether oxygens (including phenoxy) is 1. The van der Waals surface area contributed by atoms with E-state index in [0.29, 0.717) is 6.04 Å². The molecule has 0 amide bonds. The number of hydrogen-bond acceptors (Lipinski definition) is 3. The molecule has 1 aromatic carbocycles. The molecule has 0 aromatic heterocycles. The molecule has 3 heteroatoms. The Kier molecular flexibility index (Phi) is 5.83. The van der Waals surface area contributed by atoms with Crippen LogP contribution in [0, 0.1) is 0 Å². The summed E-state index contributed by atoms with van der Waals surface area (Å²) in [6, 6.07) is 8.69. The van der Waals surface area contributed by atoms with Gasteiger partial charge in [0, 0.05) is 5.54 Å². The molecule has 19 heavy (non-hydrogen) atoms. The highest BCUT2D eigenvalue weighted by Crippen LogP contribution is 2.36. The summed E-state index contributed by atoms with van der Waals surface area (Å²) in [6.07, 6.45) is 2.21. The van der Waals surface area contributed by atoms with E-state index in [1.54, 1.807) is 7.11 Å². The van der Waals surface area contributed by atoms with Gasteiger partial charge < -0.3 is 15.0 Å². The predicted octanol–water partition coefficient (Wildman–Crippen LogP) is 3.08. The van der Waals surface area contributed by atoms with E-state index in [0.717, 1.165) is 18.6 Å². The number of methoxy groups -OCH3 is 1. The van der Waals surface area contributed by atoms with Gasteiger partial charge in [-0.2, -0.15) is 0 Å². The molecule has 3 nitrogen and oxygen atoms in total. The molecule has 1 aromatic rings. The number of likely N-dealkylation sites (N-methyl/N-ethyl adjacent to an activating group) is 2. The van der Waals surface area contributed by atoms with Gasteiger partial charge in [0.05, 0.1) is 13.2 Å². The fraction of sp³-hybridized carbons (Fsp3) is 0.625. The Morgan fingerprint density at radius 1 is 1.16 bits per heavy atom. The molecule has 1 atom stereocenters. The molecule has 108 valence electrons. The van der Waals surface area contributed by atoms with Crippen molar-refractivity contribution in [1.82, 2.24) is 10.2 Å². The SMILES string of the molecule is CCC(CC)(C(NC)c1ccc(OC)cc1)N(C)C. The molecule has 1 rings (SSSR count). The second-order valence-corrected chi connectivity index (χ2v) is 5.20. The highest BCUT2D eigenvalue weighted by Gasteiger charge is 2.37. The summed E-state index contributed by atoms with van der Waals surface area (Å²) < 4.78 is 5.24. The minimum absolute atomic E-state index is 0.128. The third-order valence-corrected chi connectivity index (χ3v) is 4.39. The van der Waals surface area contributed by atoms with Crippen molar-refractivity contribution in [2.45, 2.75) is 38.3 Å². The van der Waals surface area contributed by atoms with Gasteiger partial charge in [-0.15, -0.1) is 0 Å². The lowest BCUT2D eigenvalue weighted by molar-refractivity contribution is 0.0917. The first-order chi connectivity index (χ1) is 9.05. The molecule has 0 radical (unpaired) electrons. The third kappa shape index (κ3) is 3.10. The first-order valence-corrected chi connectivity index (χ1v) is 7.04. The van der Waals surface area contributed by atoms with Crippen molar-refractivity contribution in [3.05, 3.63) is 29.8 Å². The zero-order valence-electron chi connectivity index (χ0n) is 13.2. The van der Waals surface area contributed by atoms with E-state index in [4.69, 9.17) is 4.74 Å². The number of rotatable bonds is 7. The van der Waals surface area contributed by atoms with Gasteiger partial charge in [-0.05, 0) is 51.7 Å². The minimum atomic E-state index is 0.128. The second kappa shape index (κ2) is 6.92. The quantitative estimate of drug-likeness (QED) is 0.819. The number of benzene rings is 1. The highest BCUT2D eigenvalue weighted by atomic mass is 16.5. The Morgan fingerprint density at radius 2 is 1.68 bits per heavy atom. The molecule has 0 saturated heterocycles. The monoisotopic (exact) mass is 264 g/mol. The van der Waals surface area contributed by atoms with Gasteiger partial charge in [-0.1, -0.05) is 26.0 Å². The molecule has 0 aliphatic rings. The Labute approximate surface area is 118 Å². The van der Waals surface area contributed by atoms with Crippen LogP contribution < -0.4 is 10.1 Å². The van der Waals surface area contributed by atoms with Gasteiger partial charge in [-0.3, -0.25) is 0 Å². The highest BCUT2D eigenvalue weighted by molar-refractivity contribution is 5.31. The maximum absolute atomic E-state index is 5.24. The zero-order chi connectivity index (χ0) is 14.5. The Hall–Kier alpha value is -1.06. The molecule has 1 unspecified atom stereocenters. The zero-order valence-corrected chi connectivity index (χ0v) is 13.2.